The van der Waals surface area contributed by atoms with Crippen molar-refractivity contribution in [3.05, 3.63) is 29.3 Å². The van der Waals surface area contributed by atoms with Gasteiger partial charge in [0.05, 0.1) is 15.2 Å². The monoisotopic (exact) mass is 273 g/mol. The Morgan fingerprint density at radius 3 is 2.84 bits per heavy atom. The highest BCUT2D eigenvalue weighted by Crippen LogP contribution is 2.59. The van der Waals surface area contributed by atoms with Gasteiger partial charge in [-0.3, -0.25) is 11.3 Å². The minimum Gasteiger partial charge on any atom is -0.271 e. The summed E-state index contributed by atoms with van der Waals surface area (Å²) in [6.45, 7) is 0. The average molecular weight is 273 g/mol. The van der Waals surface area contributed by atoms with Gasteiger partial charge >= 0.3 is 0 Å². The van der Waals surface area contributed by atoms with E-state index in [1.807, 2.05) is 11.3 Å². The smallest absolute Gasteiger partial charge is 0.0954 e. The molecule has 2 aliphatic rings. The van der Waals surface area contributed by atoms with Gasteiger partial charge in [-0.25, -0.2) is 4.98 Å². The number of rotatable bonds is 4. The van der Waals surface area contributed by atoms with E-state index in [0.29, 0.717) is 6.04 Å². The fourth-order valence-corrected chi connectivity index (χ4v) is 5.00. The van der Waals surface area contributed by atoms with E-state index in [4.69, 9.17) is 10.8 Å². The van der Waals surface area contributed by atoms with Gasteiger partial charge in [-0.15, -0.1) is 11.3 Å². The first-order valence-electron chi connectivity index (χ1n) is 7.17. The molecule has 2 aromatic rings. The largest absolute Gasteiger partial charge is 0.271 e. The molecule has 4 heteroatoms. The maximum absolute atomic E-state index is 5.79. The summed E-state index contributed by atoms with van der Waals surface area (Å²) >= 11 is 1.81. The zero-order chi connectivity index (χ0) is 12.8. The Hall–Kier alpha value is -0.970. The summed E-state index contributed by atoms with van der Waals surface area (Å²) in [5.41, 5.74) is 4.17. The molecule has 3 N–H and O–H groups in total. The minimum atomic E-state index is 0.413. The van der Waals surface area contributed by atoms with Crippen LogP contribution in [-0.2, 0) is 6.42 Å². The highest BCUT2D eigenvalue weighted by molar-refractivity contribution is 7.18. The highest BCUT2D eigenvalue weighted by atomic mass is 32.1. The number of benzene rings is 1. The molecule has 0 saturated heterocycles. The number of nitrogens with two attached hydrogens (primary N) is 1. The Kier molecular flexibility index (Phi) is 2.83. The SMILES string of the molecule is NNC(Cc1nc2ccccc2s1)C1C2CCCC21. The van der Waals surface area contributed by atoms with E-state index in [1.165, 1.54) is 29.0 Å². The van der Waals surface area contributed by atoms with Crippen LogP contribution in [0.3, 0.4) is 0 Å². The Bertz CT molecular complexity index is 551. The second-order valence-corrected chi connectivity index (χ2v) is 7.00. The summed E-state index contributed by atoms with van der Waals surface area (Å²) in [7, 11) is 0. The summed E-state index contributed by atoms with van der Waals surface area (Å²) in [6.07, 6.45) is 5.22. The Morgan fingerprint density at radius 1 is 1.32 bits per heavy atom. The predicted molar refractivity (Wildman–Crippen MR) is 78.8 cm³/mol. The first kappa shape index (κ1) is 11.8. The summed E-state index contributed by atoms with van der Waals surface area (Å²) in [5.74, 6) is 8.46. The lowest BCUT2D eigenvalue weighted by Crippen LogP contribution is -2.39. The molecule has 0 amide bonds. The van der Waals surface area contributed by atoms with Crippen molar-refractivity contribution in [2.24, 2.45) is 23.6 Å². The standard InChI is InChI=1S/C15H19N3S/c16-18-12(15-9-4-3-5-10(9)15)8-14-17-11-6-1-2-7-13(11)19-14/h1-2,6-7,9-10,12,15,18H,3-5,8,16H2. The third kappa shape index (κ3) is 1.98. The lowest BCUT2D eigenvalue weighted by Gasteiger charge is -2.16. The van der Waals surface area contributed by atoms with Crippen molar-refractivity contribution in [3.8, 4) is 0 Å². The summed E-state index contributed by atoms with van der Waals surface area (Å²) in [6, 6.07) is 8.78. The van der Waals surface area contributed by atoms with E-state index in [2.05, 4.69) is 29.7 Å². The maximum Gasteiger partial charge on any atom is 0.0954 e. The molecular formula is C15H19N3S. The number of hydrogen-bond donors (Lipinski definition) is 2. The van der Waals surface area contributed by atoms with Gasteiger partial charge in [0.25, 0.3) is 0 Å². The number of thiazole rings is 1. The van der Waals surface area contributed by atoms with Crippen molar-refractivity contribution in [3.63, 3.8) is 0 Å². The maximum atomic E-state index is 5.79. The summed E-state index contributed by atoms with van der Waals surface area (Å²) in [5, 5.41) is 1.22. The van der Waals surface area contributed by atoms with Crippen LogP contribution in [0.1, 0.15) is 24.3 Å². The third-order valence-corrected chi connectivity index (χ3v) is 5.94. The summed E-state index contributed by atoms with van der Waals surface area (Å²) < 4.78 is 1.28. The van der Waals surface area contributed by atoms with Crippen molar-refractivity contribution >= 4 is 21.6 Å². The topological polar surface area (TPSA) is 50.9 Å². The normalized spacial score (nSPS) is 30.5. The number of hydrazine groups is 1. The molecular weight excluding hydrogens is 254 g/mol. The van der Waals surface area contributed by atoms with Gasteiger partial charge in [0.2, 0.25) is 0 Å². The van der Waals surface area contributed by atoms with Crippen LogP contribution in [0.5, 0.6) is 0 Å². The number of aromatic nitrogens is 1. The second kappa shape index (κ2) is 4.54. The van der Waals surface area contributed by atoms with Gasteiger partial charge in [0.15, 0.2) is 0 Å². The fraction of sp³-hybridized carbons (Fsp3) is 0.533. The first-order valence-corrected chi connectivity index (χ1v) is 7.99. The van der Waals surface area contributed by atoms with Crippen molar-refractivity contribution in [2.75, 3.05) is 0 Å². The molecule has 0 spiro atoms. The predicted octanol–water partition coefficient (Wildman–Crippen LogP) is 2.72. The molecule has 0 bridgehead atoms. The lowest BCUT2D eigenvalue weighted by atomic mass is 10.0. The number of nitrogens with one attached hydrogen (secondary N) is 1. The molecule has 2 fully saturated rings. The van der Waals surface area contributed by atoms with E-state index in [1.54, 1.807) is 0 Å². The van der Waals surface area contributed by atoms with Gasteiger partial charge in [-0.2, -0.15) is 0 Å². The van der Waals surface area contributed by atoms with Crippen molar-refractivity contribution in [2.45, 2.75) is 31.7 Å². The third-order valence-electron chi connectivity index (χ3n) is 4.88. The van der Waals surface area contributed by atoms with Gasteiger partial charge in [-0.1, -0.05) is 18.6 Å². The van der Waals surface area contributed by atoms with Gasteiger partial charge < -0.3 is 0 Å². The van der Waals surface area contributed by atoms with E-state index < -0.39 is 0 Å². The van der Waals surface area contributed by atoms with Gasteiger partial charge in [0, 0.05) is 12.5 Å². The molecule has 4 rings (SSSR count). The van der Waals surface area contributed by atoms with Crippen LogP contribution < -0.4 is 11.3 Å². The van der Waals surface area contributed by atoms with Crippen LogP contribution in [0, 0.1) is 17.8 Å². The molecule has 2 saturated carbocycles. The van der Waals surface area contributed by atoms with Crippen molar-refractivity contribution in [1.29, 1.82) is 0 Å². The fourth-order valence-electron chi connectivity index (χ4n) is 3.98. The second-order valence-electron chi connectivity index (χ2n) is 5.89. The molecule has 3 atom stereocenters. The zero-order valence-electron chi connectivity index (χ0n) is 10.9. The van der Waals surface area contributed by atoms with E-state index >= 15 is 0 Å². The number of para-hydroxylation sites is 1. The number of fused-ring (bicyclic) bond motifs is 2. The Morgan fingerprint density at radius 2 is 2.11 bits per heavy atom. The molecule has 19 heavy (non-hydrogen) atoms. The number of hydrogen-bond acceptors (Lipinski definition) is 4. The molecule has 2 aliphatic carbocycles. The molecule has 100 valence electrons. The highest BCUT2D eigenvalue weighted by Gasteiger charge is 2.55. The van der Waals surface area contributed by atoms with E-state index in [9.17, 15) is 0 Å². The quantitative estimate of drug-likeness (QED) is 0.665. The molecule has 1 aromatic carbocycles. The van der Waals surface area contributed by atoms with Crippen LogP contribution in [0.15, 0.2) is 24.3 Å². The van der Waals surface area contributed by atoms with Crippen LogP contribution in [0.2, 0.25) is 0 Å². The van der Waals surface area contributed by atoms with Crippen LogP contribution in [0.4, 0.5) is 0 Å². The van der Waals surface area contributed by atoms with E-state index in [0.717, 1.165) is 29.7 Å². The van der Waals surface area contributed by atoms with E-state index in [-0.39, 0.29) is 0 Å². The zero-order valence-corrected chi connectivity index (χ0v) is 11.7. The molecule has 0 radical (unpaired) electrons. The molecule has 0 aliphatic heterocycles. The minimum absolute atomic E-state index is 0.413. The van der Waals surface area contributed by atoms with Crippen LogP contribution in [-0.4, -0.2) is 11.0 Å². The van der Waals surface area contributed by atoms with Crippen molar-refractivity contribution in [1.82, 2.24) is 10.4 Å². The number of nitrogens with zero attached hydrogens (tertiary/aromatic N) is 1. The van der Waals surface area contributed by atoms with Crippen molar-refractivity contribution < 1.29 is 0 Å². The lowest BCUT2D eigenvalue weighted by molar-refractivity contribution is 0.410. The average Bonchev–Trinajstić information content (AvgIpc) is 2.83. The van der Waals surface area contributed by atoms with Crippen LogP contribution >= 0.6 is 11.3 Å². The van der Waals surface area contributed by atoms with Gasteiger partial charge in [0.1, 0.15) is 0 Å². The Labute approximate surface area is 117 Å². The molecule has 1 heterocycles. The van der Waals surface area contributed by atoms with Crippen LogP contribution in [0.25, 0.3) is 10.2 Å². The molecule has 3 nitrogen and oxygen atoms in total. The molecule has 3 unspecified atom stereocenters. The Balaban J connectivity index is 1.53. The van der Waals surface area contributed by atoms with Gasteiger partial charge in [-0.05, 0) is 42.7 Å². The first-order chi connectivity index (χ1) is 9.36. The summed E-state index contributed by atoms with van der Waals surface area (Å²) in [4.78, 5) is 4.73. The molecule has 1 aromatic heterocycles.